The van der Waals surface area contributed by atoms with Gasteiger partial charge in [0.2, 0.25) is 0 Å². The summed E-state index contributed by atoms with van der Waals surface area (Å²) in [5, 5.41) is 13.6. The molecular weight excluding hydrogens is 376 g/mol. The summed E-state index contributed by atoms with van der Waals surface area (Å²) in [5.74, 6) is 1.05. The van der Waals surface area contributed by atoms with Gasteiger partial charge >= 0.3 is 0 Å². The van der Waals surface area contributed by atoms with Crippen LogP contribution < -0.4 is 19.5 Å². The highest BCUT2D eigenvalue weighted by atomic mass is 35.5. The number of ether oxygens (including phenoxy) is 3. The largest absolute Gasteiger partial charge is 0.497 e. The predicted molar refractivity (Wildman–Crippen MR) is 99.7 cm³/mol. The molecular formula is C18H19ClN2O6. The highest BCUT2D eigenvalue weighted by Gasteiger charge is 2.16. The molecule has 2 aromatic carbocycles. The van der Waals surface area contributed by atoms with E-state index < -0.39 is 4.92 Å². The summed E-state index contributed by atoms with van der Waals surface area (Å²) in [4.78, 5) is 22.3. The Morgan fingerprint density at radius 1 is 1.19 bits per heavy atom. The molecule has 1 unspecified atom stereocenters. The molecule has 0 saturated heterocycles. The standard InChI is InChI=1S/C18H19ClN2O6/c1-11(14-9-13(25-2)5-7-16(14)26-3)20-18(22)10-27-17-6-4-12(21(23)24)8-15(17)19/h4-9,11H,10H2,1-3H3,(H,20,22). The van der Waals surface area contributed by atoms with Gasteiger partial charge in [0.1, 0.15) is 17.2 Å². The average Bonchev–Trinajstić information content (AvgIpc) is 2.66. The number of nitro benzene ring substituents is 1. The first kappa shape index (κ1) is 20.3. The Hall–Kier alpha value is -3.00. The van der Waals surface area contributed by atoms with Crippen molar-refractivity contribution < 1.29 is 23.9 Å². The Balaban J connectivity index is 2.01. The van der Waals surface area contributed by atoms with Gasteiger partial charge in [-0.05, 0) is 31.2 Å². The van der Waals surface area contributed by atoms with Gasteiger partial charge in [-0.1, -0.05) is 11.6 Å². The van der Waals surface area contributed by atoms with Crippen molar-refractivity contribution in [2.75, 3.05) is 20.8 Å². The van der Waals surface area contributed by atoms with Gasteiger partial charge in [-0.3, -0.25) is 14.9 Å². The minimum Gasteiger partial charge on any atom is -0.497 e. The normalized spacial score (nSPS) is 11.4. The van der Waals surface area contributed by atoms with Crippen LogP contribution in [0.15, 0.2) is 36.4 Å². The number of methoxy groups -OCH3 is 2. The zero-order valence-corrected chi connectivity index (χ0v) is 15.8. The highest BCUT2D eigenvalue weighted by molar-refractivity contribution is 6.32. The summed E-state index contributed by atoms with van der Waals surface area (Å²) in [7, 11) is 3.09. The Morgan fingerprint density at radius 3 is 2.48 bits per heavy atom. The smallest absolute Gasteiger partial charge is 0.271 e. The fourth-order valence-corrected chi connectivity index (χ4v) is 2.63. The molecule has 0 aliphatic carbocycles. The van der Waals surface area contributed by atoms with Gasteiger partial charge in [-0.2, -0.15) is 0 Å². The minimum absolute atomic E-state index is 0.0551. The number of carbonyl (C=O) groups is 1. The number of nitro groups is 1. The number of carbonyl (C=O) groups excluding carboxylic acids is 1. The molecule has 0 radical (unpaired) electrons. The van der Waals surface area contributed by atoms with Crippen molar-refractivity contribution in [3.63, 3.8) is 0 Å². The molecule has 8 nitrogen and oxygen atoms in total. The third kappa shape index (κ3) is 5.24. The summed E-state index contributed by atoms with van der Waals surface area (Å²) < 4.78 is 15.9. The van der Waals surface area contributed by atoms with E-state index in [1.165, 1.54) is 18.2 Å². The van der Waals surface area contributed by atoms with Crippen LogP contribution in [0, 0.1) is 10.1 Å². The summed E-state index contributed by atoms with van der Waals surface area (Å²) in [6.45, 7) is 1.50. The number of benzene rings is 2. The topological polar surface area (TPSA) is 99.9 Å². The second kappa shape index (κ2) is 9.09. The van der Waals surface area contributed by atoms with Crippen LogP contribution in [-0.2, 0) is 4.79 Å². The number of hydrogen-bond acceptors (Lipinski definition) is 6. The van der Waals surface area contributed by atoms with Crippen LogP contribution in [-0.4, -0.2) is 31.7 Å². The lowest BCUT2D eigenvalue weighted by Crippen LogP contribution is -2.31. The van der Waals surface area contributed by atoms with Crippen LogP contribution in [0.2, 0.25) is 5.02 Å². The molecule has 1 atom stereocenters. The summed E-state index contributed by atoms with van der Waals surface area (Å²) in [6.07, 6.45) is 0. The highest BCUT2D eigenvalue weighted by Crippen LogP contribution is 2.30. The summed E-state index contributed by atoms with van der Waals surface area (Å²) >= 11 is 5.94. The first-order valence-corrected chi connectivity index (χ1v) is 8.31. The SMILES string of the molecule is COc1ccc(OC)c(C(C)NC(=O)COc2ccc([N+](=O)[O-])cc2Cl)c1. The molecule has 27 heavy (non-hydrogen) atoms. The molecule has 0 aliphatic rings. The third-order valence-electron chi connectivity index (χ3n) is 3.77. The number of halogens is 1. The van der Waals surface area contributed by atoms with Crippen molar-refractivity contribution in [1.29, 1.82) is 0 Å². The maximum Gasteiger partial charge on any atom is 0.271 e. The molecule has 0 heterocycles. The van der Waals surface area contributed by atoms with Crippen LogP contribution >= 0.6 is 11.6 Å². The second-order valence-corrected chi connectivity index (χ2v) is 5.96. The molecule has 0 aromatic heterocycles. The molecule has 2 rings (SSSR count). The minimum atomic E-state index is -0.564. The van der Waals surface area contributed by atoms with Gasteiger partial charge in [-0.15, -0.1) is 0 Å². The van der Waals surface area contributed by atoms with Gasteiger partial charge < -0.3 is 19.5 Å². The number of amides is 1. The van der Waals surface area contributed by atoms with Gasteiger partial charge in [-0.25, -0.2) is 0 Å². The molecule has 0 bridgehead atoms. The molecule has 0 fully saturated rings. The summed E-state index contributed by atoms with van der Waals surface area (Å²) in [6, 6.07) is 8.70. The molecule has 0 aliphatic heterocycles. The van der Waals surface area contributed by atoms with Gasteiger partial charge in [0.25, 0.3) is 11.6 Å². The van der Waals surface area contributed by atoms with E-state index in [-0.39, 0.29) is 35.0 Å². The Morgan fingerprint density at radius 2 is 1.89 bits per heavy atom. The van der Waals surface area contributed by atoms with Crippen LogP contribution in [0.5, 0.6) is 17.2 Å². The van der Waals surface area contributed by atoms with E-state index in [9.17, 15) is 14.9 Å². The molecule has 2 aromatic rings. The first-order valence-electron chi connectivity index (χ1n) is 7.93. The fraction of sp³-hybridized carbons (Fsp3) is 0.278. The number of non-ortho nitro benzene ring substituents is 1. The lowest BCUT2D eigenvalue weighted by atomic mass is 10.1. The third-order valence-corrected chi connectivity index (χ3v) is 4.06. The number of hydrogen-bond donors (Lipinski definition) is 1. The molecule has 144 valence electrons. The number of rotatable bonds is 8. The Labute approximate surface area is 161 Å². The van der Waals surface area contributed by atoms with E-state index in [4.69, 9.17) is 25.8 Å². The van der Waals surface area contributed by atoms with Gasteiger partial charge in [0.05, 0.1) is 30.2 Å². The average molecular weight is 395 g/mol. The van der Waals surface area contributed by atoms with E-state index in [0.29, 0.717) is 11.5 Å². The van der Waals surface area contributed by atoms with E-state index in [0.717, 1.165) is 5.56 Å². The van der Waals surface area contributed by atoms with Crippen molar-refractivity contribution in [3.05, 3.63) is 57.1 Å². The number of nitrogens with zero attached hydrogens (tertiary/aromatic N) is 1. The van der Waals surface area contributed by atoms with Crippen molar-refractivity contribution in [1.82, 2.24) is 5.32 Å². The van der Waals surface area contributed by atoms with Crippen LogP contribution in [0.1, 0.15) is 18.5 Å². The quantitative estimate of drug-likeness (QED) is 0.543. The van der Waals surface area contributed by atoms with E-state index in [2.05, 4.69) is 5.32 Å². The second-order valence-electron chi connectivity index (χ2n) is 5.56. The van der Waals surface area contributed by atoms with E-state index >= 15 is 0 Å². The van der Waals surface area contributed by atoms with Crippen LogP contribution in [0.4, 0.5) is 5.69 Å². The molecule has 0 spiro atoms. The number of nitrogens with one attached hydrogen (secondary N) is 1. The zero-order chi connectivity index (χ0) is 20.0. The van der Waals surface area contributed by atoms with Crippen molar-refractivity contribution >= 4 is 23.2 Å². The molecule has 1 N–H and O–H groups in total. The van der Waals surface area contributed by atoms with Crippen molar-refractivity contribution in [2.24, 2.45) is 0 Å². The zero-order valence-electron chi connectivity index (χ0n) is 15.0. The van der Waals surface area contributed by atoms with E-state index in [1.54, 1.807) is 39.3 Å². The lowest BCUT2D eigenvalue weighted by molar-refractivity contribution is -0.384. The maximum atomic E-state index is 12.2. The van der Waals surface area contributed by atoms with Crippen molar-refractivity contribution in [2.45, 2.75) is 13.0 Å². The van der Waals surface area contributed by atoms with Crippen LogP contribution in [0.25, 0.3) is 0 Å². The molecule has 9 heteroatoms. The van der Waals surface area contributed by atoms with Gasteiger partial charge in [0.15, 0.2) is 6.61 Å². The summed E-state index contributed by atoms with van der Waals surface area (Å²) in [5.41, 5.74) is 0.592. The predicted octanol–water partition coefficient (Wildman–Crippen LogP) is 3.52. The fourth-order valence-electron chi connectivity index (χ4n) is 2.40. The van der Waals surface area contributed by atoms with Crippen LogP contribution in [0.3, 0.4) is 0 Å². The lowest BCUT2D eigenvalue weighted by Gasteiger charge is -2.18. The maximum absolute atomic E-state index is 12.2. The molecule has 0 saturated carbocycles. The van der Waals surface area contributed by atoms with E-state index in [1.807, 2.05) is 0 Å². The van der Waals surface area contributed by atoms with Gasteiger partial charge in [0, 0.05) is 17.7 Å². The first-order chi connectivity index (χ1) is 12.8. The Kier molecular flexibility index (Phi) is 6.84. The Bertz CT molecular complexity index is 843. The molecule has 1 amide bonds. The monoisotopic (exact) mass is 394 g/mol. The van der Waals surface area contributed by atoms with Crippen molar-refractivity contribution in [3.8, 4) is 17.2 Å².